The van der Waals surface area contributed by atoms with Crippen molar-refractivity contribution in [3.05, 3.63) is 94.8 Å². The number of carbonyl (C=O) groups is 1. The standard InChI is InChI=1S/C22H17FN4O3/c23-17-5-3-6-18(10-17)30-21-9-8-15(12-25-21)11-24-20(28)14-27-22(29)19-7-2-1-4-16(19)13-26-27/h1-10,12-13H,11,14H2,(H,24,28). The van der Waals surface area contributed by atoms with E-state index in [9.17, 15) is 14.0 Å². The smallest absolute Gasteiger partial charge is 0.275 e. The molecule has 1 amide bonds. The molecule has 0 bridgehead atoms. The molecule has 0 saturated heterocycles. The molecule has 0 fully saturated rings. The molecule has 0 aliphatic heterocycles. The Balaban J connectivity index is 1.35. The van der Waals surface area contributed by atoms with Crippen molar-refractivity contribution in [2.75, 3.05) is 0 Å². The third kappa shape index (κ3) is 4.49. The number of hydrogen-bond acceptors (Lipinski definition) is 5. The van der Waals surface area contributed by atoms with Gasteiger partial charge in [-0.15, -0.1) is 0 Å². The van der Waals surface area contributed by atoms with Crippen LogP contribution in [-0.4, -0.2) is 20.7 Å². The van der Waals surface area contributed by atoms with Crippen LogP contribution in [0.5, 0.6) is 11.6 Å². The third-order valence-electron chi connectivity index (χ3n) is 4.36. The average molecular weight is 404 g/mol. The molecule has 2 aromatic carbocycles. The van der Waals surface area contributed by atoms with Crippen molar-refractivity contribution >= 4 is 16.7 Å². The summed E-state index contributed by atoms with van der Waals surface area (Å²) in [6.45, 7) is 0.0479. The summed E-state index contributed by atoms with van der Waals surface area (Å²) in [6.07, 6.45) is 3.11. The SMILES string of the molecule is O=C(Cn1ncc2ccccc2c1=O)NCc1ccc(Oc2cccc(F)c2)nc1. The normalized spacial score (nSPS) is 10.7. The predicted molar refractivity (Wildman–Crippen MR) is 109 cm³/mol. The van der Waals surface area contributed by atoms with Gasteiger partial charge in [0.05, 0.1) is 11.6 Å². The minimum atomic E-state index is -0.396. The lowest BCUT2D eigenvalue weighted by molar-refractivity contribution is -0.122. The second kappa shape index (κ2) is 8.52. The summed E-state index contributed by atoms with van der Waals surface area (Å²) in [5.41, 5.74) is 0.428. The number of ether oxygens (including phenoxy) is 1. The largest absolute Gasteiger partial charge is 0.439 e. The number of fused-ring (bicyclic) bond motifs is 1. The van der Waals surface area contributed by atoms with Crippen molar-refractivity contribution in [3.8, 4) is 11.6 Å². The summed E-state index contributed by atoms with van der Waals surface area (Å²) in [4.78, 5) is 28.8. The Bertz CT molecular complexity index is 1260. The molecule has 150 valence electrons. The van der Waals surface area contributed by atoms with Gasteiger partial charge in [0.15, 0.2) is 0 Å². The number of nitrogens with one attached hydrogen (secondary N) is 1. The van der Waals surface area contributed by atoms with E-state index in [4.69, 9.17) is 4.74 Å². The van der Waals surface area contributed by atoms with Crippen LogP contribution < -0.4 is 15.6 Å². The summed E-state index contributed by atoms with van der Waals surface area (Å²) >= 11 is 0. The number of aromatic nitrogens is 3. The van der Waals surface area contributed by atoms with Gasteiger partial charge in [0.2, 0.25) is 11.8 Å². The molecule has 0 aliphatic carbocycles. The Labute approximate surface area is 170 Å². The second-order valence-corrected chi connectivity index (χ2v) is 6.54. The van der Waals surface area contributed by atoms with E-state index in [1.807, 2.05) is 6.07 Å². The number of pyridine rings is 1. The Morgan fingerprint density at radius 2 is 1.93 bits per heavy atom. The van der Waals surface area contributed by atoms with Gasteiger partial charge in [-0.05, 0) is 23.8 Å². The van der Waals surface area contributed by atoms with Crippen LogP contribution in [0.4, 0.5) is 4.39 Å². The first kappa shape index (κ1) is 19.3. The number of rotatable bonds is 6. The van der Waals surface area contributed by atoms with Crippen LogP contribution in [0.3, 0.4) is 0 Å². The average Bonchev–Trinajstić information content (AvgIpc) is 2.75. The lowest BCUT2D eigenvalue weighted by Crippen LogP contribution is -2.33. The van der Waals surface area contributed by atoms with E-state index in [2.05, 4.69) is 15.4 Å². The fraction of sp³-hybridized carbons (Fsp3) is 0.0909. The van der Waals surface area contributed by atoms with Gasteiger partial charge in [-0.3, -0.25) is 9.59 Å². The number of benzene rings is 2. The van der Waals surface area contributed by atoms with E-state index in [0.29, 0.717) is 17.0 Å². The van der Waals surface area contributed by atoms with Crippen molar-refractivity contribution in [3.63, 3.8) is 0 Å². The topological polar surface area (TPSA) is 86.1 Å². The highest BCUT2D eigenvalue weighted by atomic mass is 19.1. The highest BCUT2D eigenvalue weighted by Crippen LogP contribution is 2.20. The maximum absolute atomic E-state index is 13.2. The molecule has 30 heavy (non-hydrogen) atoms. The highest BCUT2D eigenvalue weighted by Gasteiger charge is 2.09. The minimum absolute atomic E-state index is 0.183. The molecule has 0 aliphatic rings. The van der Waals surface area contributed by atoms with E-state index < -0.39 is 5.82 Å². The molecule has 2 aromatic heterocycles. The van der Waals surface area contributed by atoms with Crippen LogP contribution >= 0.6 is 0 Å². The van der Waals surface area contributed by atoms with Crippen LogP contribution in [0.2, 0.25) is 0 Å². The number of amides is 1. The number of nitrogens with zero attached hydrogens (tertiary/aromatic N) is 3. The van der Waals surface area contributed by atoms with E-state index >= 15 is 0 Å². The van der Waals surface area contributed by atoms with E-state index in [-0.39, 0.29) is 24.6 Å². The van der Waals surface area contributed by atoms with Crippen LogP contribution in [0.25, 0.3) is 10.8 Å². The molecule has 4 aromatic rings. The summed E-state index contributed by atoms with van der Waals surface area (Å²) < 4.78 is 19.8. The van der Waals surface area contributed by atoms with Gasteiger partial charge in [-0.2, -0.15) is 5.10 Å². The lowest BCUT2D eigenvalue weighted by atomic mass is 10.2. The molecule has 7 nitrogen and oxygen atoms in total. The molecule has 0 atom stereocenters. The van der Waals surface area contributed by atoms with Crippen molar-refractivity contribution in [2.45, 2.75) is 13.1 Å². The van der Waals surface area contributed by atoms with Crippen LogP contribution in [0.1, 0.15) is 5.56 Å². The third-order valence-corrected chi connectivity index (χ3v) is 4.36. The van der Waals surface area contributed by atoms with E-state index in [0.717, 1.165) is 15.6 Å². The quantitative estimate of drug-likeness (QED) is 0.534. The van der Waals surface area contributed by atoms with Gasteiger partial charge in [-0.25, -0.2) is 14.1 Å². The highest BCUT2D eigenvalue weighted by molar-refractivity contribution is 5.81. The zero-order valence-electron chi connectivity index (χ0n) is 15.8. The van der Waals surface area contributed by atoms with E-state index in [1.165, 1.54) is 12.1 Å². The summed E-state index contributed by atoms with van der Waals surface area (Å²) in [7, 11) is 0. The Morgan fingerprint density at radius 1 is 1.07 bits per heavy atom. The van der Waals surface area contributed by atoms with Crippen molar-refractivity contribution in [1.29, 1.82) is 0 Å². The fourth-order valence-electron chi connectivity index (χ4n) is 2.86. The van der Waals surface area contributed by atoms with Crippen LogP contribution in [0, 0.1) is 5.82 Å². The summed E-state index contributed by atoms with van der Waals surface area (Å²) in [6, 6.07) is 16.2. The first-order chi connectivity index (χ1) is 14.6. The maximum atomic E-state index is 13.2. The predicted octanol–water partition coefficient (Wildman–Crippen LogP) is 3.04. The molecule has 4 rings (SSSR count). The molecular formula is C22H17FN4O3. The van der Waals surface area contributed by atoms with Crippen LogP contribution in [0.15, 0.2) is 77.9 Å². The fourth-order valence-corrected chi connectivity index (χ4v) is 2.86. The van der Waals surface area contributed by atoms with Gasteiger partial charge in [0.1, 0.15) is 18.1 Å². The zero-order valence-corrected chi connectivity index (χ0v) is 15.8. The van der Waals surface area contributed by atoms with Crippen molar-refractivity contribution < 1.29 is 13.9 Å². The zero-order chi connectivity index (χ0) is 20.9. The monoisotopic (exact) mass is 404 g/mol. The Hall–Kier alpha value is -4.07. The van der Waals surface area contributed by atoms with Crippen LogP contribution in [-0.2, 0) is 17.9 Å². The molecule has 0 spiro atoms. The Morgan fingerprint density at radius 3 is 2.73 bits per heavy atom. The maximum Gasteiger partial charge on any atom is 0.275 e. The lowest BCUT2D eigenvalue weighted by Gasteiger charge is -2.08. The van der Waals surface area contributed by atoms with Gasteiger partial charge in [0.25, 0.3) is 5.56 Å². The summed E-state index contributed by atoms with van der Waals surface area (Å²) in [5, 5.41) is 8.02. The number of halogens is 1. The van der Waals surface area contributed by atoms with Crippen molar-refractivity contribution in [1.82, 2.24) is 20.1 Å². The molecule has 8 heteroatoms. The Kier molecular flexibility index (Phi) is 5.47. The molecular weight excluding hydrogens is 387 g/mol. The van der Waals surface area contributed by atoms with Gasteiger partial charge >= 0.3 is 0 Å². The molecule has 2 heterocycles. The molecule has 0 saturated carbocycles. The van der Waals surface area contributed by atoms with Crippen molar-refractivity contribution in [2.24, 2.45) is 0 Å². The second-order valence-electron chi connectivity index (χ2n) is 6.54. The van der Waals surface area contributed by atoms with Gasteiger partial charge < -0.3 is 10.1 Å². The molecule has 0 radical (unpaired) electrons. The minimum Gasteiger partial charge on any atom is -0.439 e. The van der Waals surface area contributed by atoms with E-state index in [1.54, 1.807) is 54.9 Å². The van der Waals surface area contributed by atoms with Gasteiger partial charge in [0, 0.05) is 30.3 Å². The first-order valence-electron chi connectivity index (χ1n) is 9.18. The number of carbonyl (C=O) groups excluding carboxylic acids is 1. The molecule has 0 unspecified atom stereocenters. The van der Waals surface area contributed by atoms with Gasteiger partial charge in [-0.1, -0.05) is 30.3 Å². The summed E-state index contributed by atoms with van der Waals surface area (Å²) in [5.74, 6) is -0.0914. The molecule has 1 N–H and O–H groups in total. The number of hydrogen-bond donors (Lipinski definition) is 1. The first-order valence-corrected chi connectivity index (χ1v) is 9.18.